The van der Waals surface area contributed by atoms with Gasteiger partial charge in [0.2, 0.25) is 0 Å². The molecule has 1 saturated heterocycles. The summed E-state index contributed by atoms with van der Waals surface area (Å²) in [6, 6.07) is 14.5. The van der Waals surface area contributed by atoms with Gasteiger partial charge in [-0.3, -0.25) is 4.79 Å². The molecule has 2 aliphatic heterocycles. The monoisotopic (exact) mass is 555 g/mol. The third kappa shape index (κ3) is 4.82. The van der Waals surface area contributed by atoms with E-state index in [1.54, 1.807) is 57.9 Å². The smallest absolute Gasteiger partial charge is 0.387 e. The number of β-amino-alcohol motifs (C(OH)–C–C–N with tert-alkyl or cyclic N) is 1. The number of fused-ring (bicyclic) bond motifs is 3. The highest BCUT2D eigenvalue weighted by Crippen LogP contribution is 2.38. The zero-order chi connectivity index (χ0) is 27.1. The molecular formula is C27H24ClF2N5O4. The van der Waals surface area contributed by atoms with Gasteiger partial charge in [0.25, 0.3) is 5.91 Å². The Morgan fingerprint density at radius 2 is 1.95 bits per heavy atom. The summed E-state index contributed by atoms with van der Waals surface area (Å²) >= 11 is 6.54. The van der Waals surface area contributed by atoms with Crippen molar-refractivity contribution in [2.24, 2.45) is 0 Å². The van der Waals surface area contributed by atoms with Gasteiger partial charge in [-0.1, -0.05) is 35.9 Å². The van der Waals surface area contributed by atoms with Gasteiger partial charge in [-0.2, -0.15) is 13.9 Å². The van der Waals surface area contributed by atoms with Gasteiger partial charge in [-0.25, -0.2) is 9.50 Å². The van der Waals surface area contributed by atoms with Crippen molar-refractivity contribution in [3.8, 4) is 17.0 Å². The molecule has 12 heteroatoms. The molecular weight excluding hydrogens is 532 g/mol. The zero-order valence-electron chi connectivity index (χ0n) is 20.6. The second-order valence-corrected chi connectivity index (χ2v) is 9.65. The molecule has 0 radical (unpaired) electrons. The summed E-state index contributed by atoms with van der Waals surface area (Å²) in [6.45, 7) is -0.824. The van der Waals surface area contributed by atoms with Gasteiger partial charge < -0.3 is 24.8 Å². The molecule has 39 heavy (non-hydrogen) atoms. The summed E-state index contributed by atoms with van der Waals surface area (Å²) in [5.41, 5.74) is 3.48. The summed E-state index contributed by atoms with van der Waals surface area (Å²) in [5.74, 6) is -0.139. The second-order valence-electron chi connectivity index (χ2n) is 9.24. The number of rotatable bonds is 5. The van der Waals surface area contributed by atoms with E-state index in [2.05, 4.69) is 10.3 Å². The van der Waals surface area contributed by atoms with Gasteiger partial charge in [-0.05, 0) is 30.3 Å². The van der Waals surface area contributed by atoms with Crippen LogP contribution in [0.15, 0.2) is 54.6 Å². The Bertz CT molecular complexity index is 1540. The number of carbonyl (C=O) groups excluding carboxylic acids is 1. The number of carbonyl (C=O) groups is 1. The van der Waals surface area contributed by atoms with Crippen LogP contribution in [0.1, 0.15) is 39.5 Å². The van der Waals surface area contributed by atoms with Crippen LogP contribution in [0.3, 0.4) is 0 Å². The summed E-state index contributed by atoms with van der Waals surface area (Å²) in [4.78, 5) is 19.2. The number of hydrogen-bond acceptors (Lipinski definition) is 7. The minimum Gasteiger partial charge on any atom is -0.434 e. The van der Waals surface area contributed by atoms with E-state index in [-0.39, 0.29) is 18.2 Å². The Labute approximate surface area is 226 Å². The van der Waals surface area contributed by atoms with Crippen LogP contribution in [0.2, 0.25) is 5.02 Å². The Hall–Kier alpha value is -3.64. The largest absolute Gasteiger partial charge is 0.434 e. The number of benzene rings is 2. The summed E-state index contributed by atoms with van der Waals surface area (Å²) < 4.78 is 37.9. The van der Waals surface area contributed by atoms with Crippen molar-refractivity contribution in [2.45, 2.75) is 18.8 Å². The van der Waals surface area contributed by atoms with E-state index < -0.39 is 18.8 Å². The summed E-state index contributed by atoms with van der Waals surface area (Å²) in [5, 5.41) is 18.9. The first kappa shape index (κ1) is 25.6. The number of aliphatic hydroxyl groups is 1. The lowest BCUT2D eigenvalue weighted by atomic mass is 9.96. The third-order valence-electron chi connectivity index (χ3n) is 6.88. The molecule has 9 nitrogen and oxygen atoms in total. The molecule has 2 aromatic heterocycles. The summed E-state index contributed by atoms with van der Waals surface area (Å²) in [7, 11) is 0. The first-order valence-electron chi connectivity index (χ1n) is 12.4. The number of amides is 1. The first-order chi connectivity index (χ1) is 18.9. The summed E-state index contributed by atoms with van der Waals surface area (Å²) in [6.07, 6.45) is -0.912. The minimum atomic E-state index is -2.99. The van der Waals surface area contributed by atoms with Crippen molar-refractivity contribution in [2.75, 3.05) is 32.8 Å². The van der Waals surface area contributed by atoms with Crippen molar-refractivity contribution in [3.05, 3.63) is 82.1 Å². The molecule has 0 saturated carbocycles. The molecule has 0 aliphatic carbocycles. The van der Waals surface area contributed by atoms with E-state index >= 15 is 0 Å². The Morgan fingerprint density at radius 1 is 1.15 bits per heavy atom. The molecule has 2 atom stereocenters. The maximum absolute atomic E-state index is 13.1. The number of ether oxygens (including phenoxy) is 2. The average molecular weight is 556 g/mol. The number of imidazole rings is 1. The molecule has 2 aromatic carbocycles. The minimum absolute atomic E-state index is 0.0192. The number of nitrogens with zero attached hydrogens (tertiary/aromatic N) is 4. The van der Waals surface area contributed by atoms with Gasteiger partial charge in [0.05, 0.1) is 46.9 Å². The van der Waals surface area contributed by atoms with E-state index in [9.17, 15) is 18.7 Å². The lowest BCUT2D eigenvalue weighted by molar-refractivity contribution is -0.0507. The molecule has 1 amide bonds. The normalized spacial score (nSPS) is 19.4. The van der Waals surface area contributed by atoms with Crippen LogP contribution in [-0.2, 0) is 4.74 Å². The van der Waals surface area contributed by atoms with Crippen LogP contribution in [0, 0.1) is 0 Å². The number of alkyl halides is 2. The molecule has 202 valence electrons. The van der Waals surface area contributed by atoms with E-state index in [1.165, 1.54) is 6.07 Å². The van der Waals surface area contributed by atoms with Crippen LogP contribution in [-0.4, -0.2) is 70.0 Å². The number of hydrogen-bond donors (Lipinski definition) is 2. The van der Waals surface area contributed by atoms with Gasteiger partial charge >= 0.3 is 6.61 Å². The average Bonchev–Trinajstić information content (AvgIpc) is 3.33. The lowest BCUT2D eigenvalue weighted by Gasteiger charge is -2.28. The highest BCUT2D eigenvalue weighted by atomic mass is 35.5. The predicted octanol–water partition coefficient (Wildman–Crippen LogP) is 3.85. The topological polar surface area (TPSA) is 101 Å². The highest BCUT2D eigenvalue weighted by molar-refractivity contribution is 6.34. The van der Waals surface area contributed by atoms with E-state index in [4.69, 9.17) is 26.2 Å². The maximum atomic E-state index is 13.1. The highest BCUT2D eigenvalue weighted by Gasteiger charge is 2.34. The van der Waals surface area contributed by atoms with Crippen LogP contribution < -0.4 is 10.1 Å². The third-order valence-corrected chi connectivity index (χ3v) is 7.20. The van der Waals surface area contributed by atoms with Gasteiger partial charge in [0.15, 0.2) is 5.65 Å². The van der Waals surface area contributed by atoms with E-state index in [0.29, 0.717) is 70.7 Å². The predicted molar refractivity (Wildman–Crippen MR) is 138 cm³/mol. The van der Waals surface area contributed by atoms with Gasteiger partial charge in [-0.15, -0.1) is 0 Å². The van der Waals surface area contributed by atoms with Crippen molar-refractivity contribution in [1.29, 1.82) is 0 Å². The Morgan fingerprint density at radius 3 is 2.72 bits per heavy atom. The van der Waals surface area contributed by atoms with E-state index in [0.717, 1.165) is 0 Å². The van der Waals surface area contributed by atoms with Gasteiger partial charge in [0, 0.05) is 30.8 Å². The lowest BCUT2D eigenvalue weighted by Crippen LogP contribution is -2.40. The van der Waals surface area contributed by atoms with E-state index in [1.807, 2.05) is 0 Å². The molecule has 1 fully saturated rings. The number of halogens is 3. The van der Waals surface area contributed by atoms with Crippen LogP contribution >= 0.6 is 11.6 Å². The molecule has 6 rings (SSSR count). The second kappa shape index (κ2) is 10.5. The zero-order valence-corrected chi connectivity index (χ0v) is 21.3. The van der Waals surface area contributed by atoms with Gasteiger partial charge in [0.1, 0.15) is 11.9 Å². The van der Waals surface area contributed by atoms with Crippen molar-refractivity contribution in [1.82, 2.24) is 24.8 Å². The first-order valence-corrected chi connectivity index (χ1v) is 12.8. The van der Waals surface area contributed by atoms with Crippen LogP contribution in [0.4, 0.5) is 8.78 Å². The van der Waals surface area contributed by atoms with Crippen LogP contribution in [0.25, 0.3) is 16.9 Å². The standard InChI is InChI=1S/C27H24ClF2N5O4/c28-18-13-15(5-6-16(18)26(37)34-9-11-38-12-10-34)19-7-8-22-32-24-20(36)14-31-23(25(24)35(22)33-19)17-3-1-2-4-21(17)39-27(29)30/h1-8,13,20,23,27,31,36H,9-12,14H2/t20-,23+/m0/s1. The number of morpholine rings is 1. The fourth-order valence-electron chi connectivity index (χ4n) is 5.02. The molecule has 2 aliphatic rings. The molecule has 4 aromatic rings. The fraction of sp³-hybridized carbons (Fsp3) is 0.296. The molecule has 0 spiro atoms. The van der Waals surface area contributed by atoms with Crippen molar-refractivity contribution in [3.63, 3.8) is 0 Å². The van der Waals surface area contributed by atoms with Crippen LogP contribution in [0.5, 0.6) is 5.75 Å². The number of para-hydroxylation sites is 1. The van der Waals surface area contributed by atoms with Crippen molar-refractivity contribution < 1.29 is 28.2 Å². The quantitative estimate of drug-likeness (QED) is 0.386. The Balaban J connectivity index is 1.40. The SMILES string of the molecule is O=C(c1ccc(-c2ccc3nc4c(n3n2)[C@@H](c2ccccc2OC(F)F)NC[C@@H]4O)cc1Cl)N1CCOCC1. The molecule has 4 heterocycles. The molecule has 0 unspecified atom stereocenters. The molecule has 2 N–H and O–H groups in total. The fourth-order valence-corrected chi connectivity index (χ4v) is 5.29. The molecule has 0 bridgehead atoms. The Kier molecular flexibility index (Phi) is 6.90. The maximum Gasteiger partial charge on any atom is 0.387 e. The van der Waals surface area contributed by atoms with Crippen molar-refractivity contribution >= 4 is 23.2 Å². The number of aromatic nitrogens is 3. The number of nitrogens with one attached hydrogen (secondary N) is 1. The number of aliphatic hydroxyl groups excluding tert-OH is 1.